The van der Waals surface area contributed by atoms with Gasteiger partial charge in [0.05, 0.1) is 0 Å². The number of hydrogen-bond acceptors (Lipinski definition) is 3. The summed E-state index contributed by atoms with van der Waals surface area (Å²) in [5.41, 5.74) is 7.60. The average molecular weight is 303 g/mol. The lowest BCUT2D eigenvalue weighted by molar-refractivity contribution is -0.122. The van der Waals surface area contributed by atoms with Gasteiger partial charge in [-0.05, 0) is 43.4 Å². The van der Waals surface area contributed by atoms with Gasteiger partial charge in [-0.3, -0.25) is 9.59 Å². The lowest BCUT2D eigenvalue weighted by Crippen LogP contribution is -2.31. The summed E-state index contributed by atoms with van der Waals surface area (Å²) >= 11 is 0. The molecule has 0 aliphatic heterocycles. The van der Waals surface area contributed by atoms with E-state index in [1.807, 2.05) is 19.1 Å². The highest BCUT2D eigenvalue weighted by Gasteiger charge is 2.25. The number of carbonyl (C=O) groups is 2. The standard InChI is InChI=1S/C17H25N3O2/c1-2-19-17(22)13-8-6-12(7-9-13)11-20-16(21)10-14-4-3-5-15(14)18/h6-9,14-15H,2-5,10-11,18H2,1H3,(H,19,22)(H,20,21)/t14-,15+/m0/s1. The van der Waals surface area contributed by atoms with Crippen molar-refractivity contribution in [3.05, 3.63) is 35.4 Å². The molecule has 1 aromatic rings. The maximum atomic E-state index is 11.9. The third-order valence-corrected chi connectivity index (χ3v) is 4.21. The normalized spacial score (nSPS) is 20.6. The van der Waals surface area contributed by atoms with Crippen LogP contribution in [0, 0.1) is 5.92 Å². The molecule has 4 N–H and O–H groups in total. The minimum absolute atomic E-state index is 0.0511. The summed E-state index contributed by atoms with van der Waals surface area (Å²) in [4.78, 5) is 23.6. The first-order valence-electron chi connectivity index (χ1n) is 7.99. The fourth-order valence-electron chi connectivity index (χ4n) is 2.87. The van der Waals surface area contributed by atoms with Crippen LogP contribution in [0.15, 0.2) is 24.3 Å². The summed E-state index contributed by atoms with van der Waals surface area (Å²) in [6.07, 6.45) is 3.72. The Morgan fingerprint density at radius 1 is 1.18 bits per heavy atom. The van der Waals surface area contributed by atoms with Gasteiger partial charge < -0.3 is 16.4 Å². The zero-order valence-electron chi connectivity index (χ0n) is 13.1. The molecule has 5 nitrogen and oxygen atoms in total. The molecule has 0 radical (unpaired) electrons. The van der Waals surface area contributed by atoms with Crippen LogP contribution in [0.4, 0.5) is 0 Å². The summed E-state index contributed by atoms with van der Waals surface area (Å²) < 4.78 is 0. The van der Waals surface area contributed by atoms with Gasteiger partial charge in [0.1, 0.15) is 0 Å². The monoisotopic (exact) mass is 303 g/mol. The van der Waals surface area contributed by atoms with Crippen LogP contribution in [0.1, 0.15) is 48.5 Å². The van der Waals surface area contributed by atoms with Crippen LogP contribution in [0.3, 0.4) is 0 Å². The molecule has 2 amide bonds. The second kappa shape index (κ2) is 7.94. The molecule has 5 heteroatoms. The van der Waals surface area contributed by atoms with Crippen LogP contribution in [0.5, 0.6) is 0 Å². The van der Waals surface area contributed by atoms with Crippen LogP contribution in [-0.2, 0) is 11.3 Å². The molecule has 0 bridgehead atoms. The maximum Gasteiger partial charge on any atom is 0.251 e. The third kappa shape index (κ3) is 4.56. The Bertz CT molecular complexity index is 513. The van der Waals surface area contributed by atoms with Gasteiger partial charge in [0, 0.05) is 31.1 Å². The Balaban J connectivity index is 1.79. The molecule has 22 heavy (non-hydrogen) atoms. The van der Waals surface area contributed by atoms with E-state index in [2.05, 4.69) is 10.6 Å². The van der Waals surface area contributed by atoms with Crippen LogP contribution < -0.4 is 16.4 Å². The van der Waals surface area contributed by atoms with Crippen LogP contribution in [0.25, 0.3) is 0 Å². The van der Waals surface area contributed by atoms with E-state index in [1.165, 1.54) is 0 Å². The fourth-order valence-corrected chi connectivity index (χ4v) is 2.87. The molecular formula is C17H25N3O2. The number of nitrogens with one attached hydrogen (secondary N) is 2. The number of hydrogen-bond donors (Lipinski definition) is 3. The van der Waals surface area contributed by atoms with E-state index in [-0.39, 0.29) is 17.9 Å². The molecule has 0 unspecified atom stereocenters. The Kier molecular flexibility index (Phi) is 5.95. The van der Waals surface area contributed by atoms with Crippen molar-refractivity contribution in [1.29, 1.82) is 0 Å². The first-order valence-corrected chi connectivity index (χ1v) is 7.99. The molecule has 1 saturated carbocycles. The molecule has 1 aliphatic rings. The van der Waals surface area contributed by atoms with E-state index in [1.54, 1.807) is 12.1 Å². The smallest absolute Gasteiger partial charge is 0.251 e. The van der Waals surface area contributed by atoms with E-state index in [0.717, 1.165) is 24.8 Å². The highest BCUT2D eigenvalue weighted by molar-refractivity contribution is 5.94. The summed E-state index contributed by atoms with van der Waals surface area (Å²) in [6, 6.07) is 7.46. The Morgan fingerprint density at radius 3 is 2.50 bits per heavy atom. The second-order valence-electron chi connectivity index (χ2n) is 5.89. The maximum absolute atomic E-state index is 11.9. The molecule has 2 atom stereocenters. The van der Waals surface area contributed by atoms with Gasteiger partial charge >= 0.3 is 0 Å². The van der Waals surface area contributed by atoms with Crippen molar-refractivity contribution < 1.29 is 9.59 Å². The number of rotatable bonds is 6. The average Bonchev–Trinajstić information content (AvgIpc) is 2.91. The Morgan fingerprint density at radius 2 is 1.91 bits per heavy atom. The number of carbonyl (C=O) groups excluding carboxylic acids is 2. The first-order chi connectivity index (χ1) is 10.6. The molecule has 2 rings (SSSR count). The van der Waals surface area contributed by atoms with Gasteiger partial charge in [0.15, 0.2) is 0 Å². The lowest BCUT2D eigenvalue weighted by Gasteiger charge is -2.14. The van der Waals surface area contributed by atoms with Crippen molar-refractivity contribution in [2.24, 2.45) is 11.7 Å². The van der Waals surface area contributed by atoms with Crippen LogP contribution in [0.2, 0.25) is 0 Å². The van der Waals surface area contributed by atoms with Gasteiger partial charge in [-0.2, -0.15) is 0 Å². The predicted molar refractivity (Wildman–Crippen MR) is 86.2 cm³/mol. The lowest BCUT2D eigenvalue weighted by atomic mass is 10.00. The Hall–Kier alpha value is -1.88. The van der Waals surface area contributed by atoms with Crippen LogP contribution in [-0.4, -0.2) is 24.4 Å². The second-order valence-corrected chi connectivity index (χ2v) is 5.89. The fraction of sp³-hybridized carbons (Fsp3) is 0.529. The van der Waals surface area contributed by atoms with Crippen molar-refractivity contribution in [2.45, 2.75) is 45.2 Å². The van der Waals surface area contributed by atoms with Crippen molar-refractivity contribution in [3.63, 3.8) is 0 Å². The van der Waals surface area contributed by atoms with E-state index < -0.39 is 0 Å². The van der Waals surface area contributed by atoms with Crippen molar-refractivity contribution in [2.75, 3.05) is 6.54 Å². The van der Waals surface area contributed by atoms with Gasteiger partial charge in [-0.15, -0.1) is 0 Å². The summed E-state index contributed by atoms with van der Waals surface area (Å²) in [7, 11) is 0. The third-order valence-electron chi connectivity index (χ3n) is 4.21. The molecule has 0 saturated heterocycles. The van der Waals surface area contributed by atoms with Crippen molar-refractivity contribution in [3.8, 4) is 0 Å². The summed E-state index contributed by atoms with van der Waals surface area (Å²) in [5.74, 6) is 0.295. The zero-order chi connectivity index (χ0) is 15.9. The minimum atomic E-state index is -0.0756. The molecular weight excluding hydrogens is 278 g/mol. The van der Waals surface area contributed by atoms with E-state index in [4.69, 9.17) is 5.73 Å². The number of nitrogens with two attached hydrogens (primary N) is 1. The largest absolute Gasteiger partial charge is 0.352 e. The van der Waals surface area contributed by atoms with Gasteiger partial charge in [0.2, 0.25) is 5.91 Å². The van der Waals surface area contributed by atoms with Gasteiger partial charge in [-0.1, -0.05) is 18.6 Å². The topological polar surface area (TPSA) is 84.2 Å². The quantitative estimate of drug-likeness (QED) is 0.746. The zero-order valence-corrected chi connectivity index (χ0v) is 13.1. The van der Waals surface area contributed by atoms with Crippen molar-refractivity contribution in [1.82, 2.24) is 10.6 Å². The van der Waals surface area contributed by atoms with Gasteiger partial charge in [-0.25, -0.2) is 0 Å². The molecule has 0 spiro atoms. The molecule has 0 heterocycles. The SMILES string of the molecule is CCNC(=O)c1ccc(CNC(=O)C[C@@H]2CCC[C@H]2N)cc1. The van der Waals surface area contributed by atoms with Crippen LogP contribution >= 0.6 is 0 Å². The Labute approximate surface area is 131 Å². The van der Waals surface area contributed by atoms with E-state index >= 15 is 0 Å². The minimum Gasteiger partial charge on any atom is -0.352 e. The summed E-state index contributed by atoms with van der Waals surface area (Å²) in [5, 5.41) is 5.68. The molecule has 1 aromatic carbocycles. The first kappa shape index (κ1) is 16.5. The van der Waals surface area contributed by atoms with Crippen molar-refractivity contribution >= 4 is 11.8 Å². The van der Waals surface area contributed by atoms with E-state index in [0.29, 0.717) is 31.0 Å². The molecule has 0 aromatic heterocycles. The van der Waals surface area contributed by atoms with E-state index in [9.17, 15) is 9.59 Å². The van der Waals surface area contributed by atoms with Gasteiger partial charge in [0.25, 0.3) is 5.91 Å². The number of benzene rings is 1. The predicted octanol–water partition coefficient (Wildman–Crippen LogP) is 1.57. The number of amides is 2. The summed E-state index contributed by atoms with van der Waals surface area (Å²) in [6.45, 7) is 2.98. The highest BCUT2D eigenvalue weighted by Crippen LogP contribution is 2.26. The molecule has 1 aliphatic carbocycles. The molecule has 1 fully saturated rings. The molecule has 120 valence electrons. The highest BCUT2D eigenvalue weighted by atomic mass is 16.2.